The molecule has 0 spiro atoms. The Balaban J connectivity index is 2.22. The van der Waals surface area contributed by atoms with Crippen LogP contribution in [-0.2, 0) is 0 Å². The first-order valence-corrected chi connectivity index (χ1v) is 7.86. The Morgan fingerprint density at radius 3 is 2.37 bits per heavy atom. The second-order valence-corrected chi connectivity index (χ2v) is 5.55. The third-order valence-corrected chi connectivity index (χ3v) is 3.74. The van der Waals surface area contributed by atoms with E-state index in [0.717, 1.165) is 0 Å². The fraction of sp³-hybridized carbons (Fsp3) is 0.706. The Bertz CT molecular complexity index is 336. The van der Waals surface area contributed by atoms with Gasteiger partial charge < -0.3 is 5.32 Å². The molecule has 1 atom stereocenters. The van der Waals surface area contributed by atoms with E-state index < -0.39 is 0 Å². The maximum atomic E-state index is 4.29. The van der Waals surface area contributed by atoms with Crippen molar-refractivity contribution in [3.05, 3.63) is 29.6 Å². The average molecular weight is 262 g/mol. The van der Waals surface area contributed by atoms with Gasteiger partial charge >= 0.3 is 0 Å². The van der Waals surface area contributed by atoms with E-state index in [1.807, 2.05) is 19.4 Å². The Labute approximate surface area is 119 Å². The quantitative estimate of drug-likeness (QED) is 0.613. The summed E-state index contributed by atoms with van der Waals surface area (Å²) >= 11 is 0. The van der Waals surface area contributed by atoms with Crippen molar-refractivity contribution in [1.82, 2.24) is 10.3 Å². The van der Waals surface area contributed by atoms with Crippen LogP contribution in [0.25, 0.3) is 0 Å². The van der Waals surface area contributed by atoms with Gasteiger partial charge in [0.15, 0.2) is 0 Å². The summed E-state index contributed by atoms with van der Waals surface area (Å²) in [6.45, 7) is 4.38. The lowest BCUT2D eigenvalue weighted by molar-refractivity contribution is 0.495. The molecule has 0 saturated carbocycles. The number of rotatable bonds is 10. The van der Waals surface area contributed by atoms with Crippen LogP contribution in [0, 0.1) is 6.92 Å². The summed E-state index contributed by atoms with van der Waals surface area (Å²) in [5.74, 6) is 0. The zero-order valence-electron chi connectivity index (χ0n) is 12.9. The lowest BCUT2D eigenvalue weighted by Crippen LogP contribution is -2.16. The number of hydrogen-bond donors (Lipinski definition) is 1. The number of unbranched alkanes of at least 4 members (excludes halogenated alkanes) is 6. The van der Waals surface area contributed by atoms with Gasteiger partial charge in [0.2, 0.25) is 0 Å². The zero-order valence-corrected chi connectivity index (χ0v) is 12.9. The number of pyridine rings is 1. The molecular formula is C17H30N2. The molecule has 1 heterocycles. The molecule has 0 aromatic carbocycles. The van der Waals surface area contributed by atoms with Crippen molar-refractivity contribution >= 4 is 0 Å². The van der Waals surface area contributed by atoms with E-state index in [-0.39, 0.29) is 0 Å². The van der Waals surface area contributed by atoms with Crippen molar-refractivity contribution in [3.8, 4) is 0 Å². The third-order valence-electron chi connectivity index (χ3n) is 3.74. The lowest BCUT2D eigenvalue weighted by Gasteiger charge is -2.16. The molecule has 0 radical (unpaired) electrons. The van der Waals surface area contributed by atoms with E-state index in [4.69, 9.17) is 0 Å². The van der Waals surface area contributed by atoms with Gasteiger partial charge in [-0.15, -0.1) is 0 Å². The van der Waals surface area contributed by atoms with Crippen molar-refractivity contribution in [3.63, 3.8) is 0 Å². The molecule has 1 N–H and O–H groups in total. The number of hydrogen-bond acceptors (Lipinski definition) is 2. The van der Waals surface area contributed by atoms with Gasteiger partial charge in [0.1, 0.15) is 0 Å². The molecule has 1 aromatic rings. The van der Waals surface area contributed by atoms with Gasteiger partial charge in [0.05, 0.1) is 0 Å². The Morgan fingerprint density at radius 2 is 1.74 bits per heavy atom. The minimum absolute atomic E-state index is 0.461. The smallest absolute Gasteiger partial charge is 0.0332 e. The van der Waals surface area contributed by atoms with Crippen molar-refractivity contribution < 1.29 is 0 Å². The van der Waals surface area contributed by atoms with Crippen molar-refractivity contribution in [1.29, 1.82) is 0 Å². The fourth-order valence-corrected chi connectivity index (χ4v) is 2.55. The van der Waals surface area contributed by atoms with Crippen molar-refractivity contribution in [2.24, 2.45) is 0 Å². The number of nitrogens with zero attached hydrogens (tertiary/aromatic N) is 1. The average Bonchev–Trinajstić information content (AvgIpc) is 2.42. The highest BCUT2D eigenvalue weighted by molar-refractivity contribution is 5.19. The van der Waals surface area contributed by atoms with Crippen LogP contribution in [-0.4, -0.2) is 12.0 Å². The van der Waals surface area contributed by atoms with E-state index in [1.165, 1.54) is 62.5 Å². The second-order valence-electron chi connectivity index (χ2n) is 5.55. The lowest BCUT2D eigenvalue weighted by atomic mass is 10.00. The molecule has 0 bridgehead atoms. The largest absolute Gasteiger partial charge is 0.313 e. The van der Waals surface area contributed by atoms with E-state index in [2.05, 4.69) is 30.2 Å². The maximum Gasteiger partial charge on any atom is 0.0332 e. The molecule has 0 amide bonds. The molecule has 1 rings (SSSR count). The van der Waals surface area contributed by atoms with Crippen LogP contribution < -0.4 is 5.32 Å². The molecule has 0 aliphatic heterocycles. The minimum atomic E-state index is 0.461. The molecule has 0 aliphatic carbocycles. The number of nitrogens with one attached hydrogen (secondary N) is 1. The van der Waals surface area contributed by atoms with Crippen LogP contribution >= 0.6 is 0 Å². The number of aryl methyl sites for hydroxylation is 1. The van der Waals surface area contributed by atoms with Crippen molar-refractivity contribution in [2.75, 3.05) is 7.05 Å². The molecule has 0 aliphatic rings. The highest BCUT2D eigenvalue weighted by Crippen LogP contribution is 2.20. The molecule has 1 unspecified atom stereocenters. The molecular weight excluding hydrogens is 232 g/mol. The molecule has 0 fully saturated rings. The van der Waals surface area contributed by atoms with Crippen LogP contribution in [0.2, 0.25) is 0 Å². The van der Waals surface area contributed by atoms with Crippen molar-refractivity contribution in [2.45, 2.75) is 71.3 Å². The summed E-state index contributed by atoms with van der Waals surface area (Å²) in [6, 6.07) is 2.71. The van der Waals surface area contributed by atoms with Gasteiger partial charge in [-0.25, -0.2) is 0 Å². The van der Waals surface area contributed by atoms with Crippen LogP contribution in [0.5, 0.6) is 0 Å². The topological polar surface area (TPSA) is 24.9 Å². The van der Waals surface area contributed by atoms with Crippen LogP contribution in [0.1, 0.15) is 75.5 Å². The Hall–Kier alpha value is -0.890. The zero-order chi connectivity index (χ0) is 13.9. The van der Waals surface area contributed by atoms with Gasteiger partial charge in [-0.1, -0.05) is 57.9 Å². The van der Waals surface area contributed by atoms with Crippen LogP contribution in [0.15, 0.2) is 18.5 Å². The van der Waals surface area contributed by atoms with E-state index in [1.54, 1.807) is 0 Å². The standard InChI is InChI=1S/C17H30N2/c1-4-5-6-7-8-9-10-11-17(18-3)16-12-15(2)13-19-14-16/h12-14,17-18H,4-11H2,1-3H3. The summed E-state index contributed by atoms with van der Waals surface area (Å²) in [5.41, 5.74) is 2.57. The summed E-state index contributed by atoms with van der Waals surface area (Å²) < 4.78 is 0. The van der Waals surface area contributed by atoms with Gasteiger partial charge in [0, 0.05) is 18.4 Å². The summed E-state index contributed by atoms with van der Waals surface area (Å²) in [7, 11) is 2.05. The molecule has 2 nitrogen and oxygen atoms in total. The molecule has 108 valence electrons. The predicted molar refractivity (Wildman–Crippen MR) is 83.4 cm³/mol. The third kappa shape index (κ3) is 6.72. The summed E-state index contributed by atoms with van der Waals surface area (Å²) in [6.07, 6.45) is 14.7. The molecule has 1 aromatic heterocycles. The van der Waals surface area contributed by atoms with E-state index in [9.17, 15) is 0 Å². The monoisotopic (exact) mass is 262 g/mol. The molecule has 19 heavy (non-hydrogen) atoms. The fourth-order valence-electron chi connectivity index (χ4n) is 2.55. The first-order valence-electron chi connectivity index (χ1n) is 7.86. The normalized spacial score (nSPS) is 12.6. The summed E-state index contributed by atoms with van der Waals surface area (Å²) in [4.78, 5) is 4.29. The van der Waals surface area contributed by atoms with E-state index >= 15 is 0 Å². The SMILES string of the molecule is CCCCCCCCCC(NC)c1cncc(C)c1. The first-order chi connectivity index (χ1) is 9.27. The molecule has 2 heteroatoms. The predicted octanol–water partition coefficient (Wildman–Crippen LogP) is 4.79. The molecule has 0 saturated heterocycles. The maximum absolute atomic E-state index is 4.29. The summed E-state index contributed by atoms with van der Waals surface area (Å²) in [5, 5.41) is 3.42. The van der Waals surface area contributed by atoms with Gasteiger partial charge in [-0.2, -0.15) is 0 Å². The number of aromatic nitrogens is 1. The second kappa shape index (κ2) is 9.96. The first kappa shape index (κ1) is 16.2. The van der Waals surface area contributed by atoms with Gasteiger partial charge in [-0.05, 0) is 31.5 Å². The highest BCUT2D eigenvalue weighted by Gasteiger charge is 2.08. The Kier molecular flexibility index (Phi) is 8.48. The van der Waals surface area contributed by atoms with E-state index in [0.29, 0.717) is 6.04 Å². The van der Waals surface area contributed by atoms with Crippen LogP contribution in [0.3, 0.4) is 0 Å². The van der Waals surface area contributed by atoms with Crippen LogP contribution in [0.4, 0.5) is 0 Å². The van der Waals surface area contributed by atoms with Gasteiger partial charge in [-0.3, -0.25) is 4.98 Å². The highest BCUT2D eigenvalue weighted by atomic mass is 14.9. The minimum Gasteiger partial charge on any atom is -0.313 e. The Morgan fingerprint density at radius 1 is 1.05 bits per heavy atom. The van der Waals surface area contributed by atoms with Gasteiger partial charge in [0.25, 0.3) is 0 Å².